The van der Waals surface area contributed by atoms with Crippen molar-refractivity contribution in [3.8, 4) is 11.5 Å². The lowest BCUT2D eigenvalue weighted by Crippen LogP contribution is -2.02. The Balaban J connectivity index is 1.97. The highest BCUT2D eigenvalue weighted by atomic mass is 32.2. The Morgan fingerprint density at radius 3 is 2.38 bits per heavy atom. The van der Waals surface area contributed by atoms with Gasteiger partial charge in [-0.05, 0) is 36.4 Å². The molecule has 24 heavy (non-hydrogen) atoms. The third kappa shape index (κ3) is 3.11. The van der Waals surface area contributed by atoms with Crippen LogP contribution in [0.2, 0.25) is 0 Å². The molecule has 1 heterocycles. The lowest BCUT2D eigenvalue weighted by atomic mass is 10.1. The van der Waals surface area contributed by atoms with Crippen LogP contribution in [0.3, 0.4) is 0 Å². The van der Waals surface area contributed by atoms with E-state index >= 15 is 0 Å². The number of rotatable bonds is 4. The molecule has 1 aromatic heterocycles. The Bertz CT molecular complexity index is 999. The number of carbonyl (C=O) groups excluding carboxylic acids is 1. The average Bonchev–Trinajstić information content (AvgIpc) is 3.01. The van der Waals surface area contributed by atoms with E-state index in [0.717, 1.165) is 6.26 Å². The van der Waals surface area contributed by atoms with Crippen molar-refractivity contribution >= 4 is 26.8 Å². The van der Waals surface area contributed by atoms with Crippen molar-refractivity contribution in [1.82, 2.24) is 0 Å². The van der Waals surface area contributed by atoms with Crippen LogP contribution in [0, 0.1) is 0 Å². The first-order valence-corrected chi connectivity index (χ1v) is 8.85. The summed E-state index contributed by atoms with van der Waals surface area (Å²) in [5.74, 6) is 0.313. The van der Waals surface area contributed by atoms with E-state index in [-0.39, 0.29) is 4.90 Å². The maximum absolute atomic E-state index is 11.9. The van der Waals surface area contributed by atoms with Crippen LogP contribution in [0.4, 0.5) is 0 Å². The van der Waals surface area contributed by atoms with Crippen molar-refractivity contribution in [1.29, 1.82) is 0 Å². The summed E-state index contributed by atoms with van der Waals surface area (Å²) in [6.07, 6.45) is 2.61. The van der Waals surface area contributed by atoms with Crippen molar-refractivity contribution in [2.75, 3.05) is 13.4 Å². The van der Waals surface area contributed by atoms with Gasteiger partial charge in [0.25, 0.3) is 0 Å². The molecule has 0 spiro atoms. The molecule has 2 aromatic carbocycles. The van der Waals surface area contributed by atoms with E-state index in [9.17, 15) is 13.2 Å². The Labute approximate surface area is 138 Å². The summed E-state index contributed by atoms with van der Waals surface area (Å²) in [5.41, 5.74) is 0.812. The summed E-state index contributed by atoms with van der Waals surface area (Å²) >= 11 is 0. The van der Waals surface area contributed by atoms with Gasteiger partial charge in [0.05, 0.1) is 23.8 Å². The average molecular weight is 346 g/mol. The number of furan rings is 1. The van der Waals surface area contributed by atoms with E-state index in [0.29, 0.717) is 28.0 Å². The molecule has 0 aliphatic carbocycles. The zero-order valence-corrected chi connectivity index (χ0v) is 13.8. The molecule has 0 atom stereocenters. The number of benzene rings is 2. The standard InChI is InChI=1S/C17H14O6S/c1-21-17(18)15-9-12(10-16-14(15)7-8-22-16)23-11-3-5-13(6-4-11)24(2,19)20/h3-10H,1-2H3. The van der Waals surface area contributed by atoms with Crippen LogP contribution in [0.1, 0.15) is 10.4 Å². The minimum Gasteiger partial charge on any atom is -0.465 e. The number of methoxy groups -OCH3 is 1. The van der Waals surface area contributed by atoms with E-state index in [1.54, 1.807) is 30.3 Å². The number of carbonyl (C=O) groups is 1. The van der Waals surface area contributed by atoms with Crippen molar-refractivity contribution < 1.29 is 27.1 Å². The lowest BCUT2D eigenvalue weighted by molar-refractivity contribution is 0.0602. The lowest BCUT2D eigenvalue weighted by Gasteiger charge is -2.08. The highest BCUT2D eigenvalue weighted by Gasteiger charge is 2.15. The summed E-state index contributed by atoms with van der Waals surface area (Å²) in [6, 6.07) is 10.9. The summed E-state index contributed by atoms with van der Waals surface area (Å²) in [5, 5.41) is 0.627. The second kappa shape index (κ2) is 6.01. The third-order valence-electron chi connectivity index (χ3n) is 3.44. The predicted octanol–water partition coefficient (Wildman–Crippen LogP) is 3.42. The monoisotopic (exact) mass is 346 g/mol. The van der Waals surface area contributed by atoms with Gasteiger partial charge in [-0.1, -0.05) is 0 Å². The molecule has 0 aliphatic rings. The van der Waals surface area contributed by atoms with Gasteiger partial charge < -0.3 is 13.9 Å². The normalized spacial score (nSPS) is 11.4. The summed E-state index contributed by atoms with van der Waals surface area (Å²) in [7, 11) is -1.97. The van der Waals surface area contributed by atoms with Crippen LogP contribution >= 0.6 is 0 Å². The number of esters is 1. The van der Waals surface area contributed by atoms with Crippen LogP contribution in [0.15, 0.2) is 58.0 Å². The molecule has 124 valence electrons. The fourth-order valence-corrected chi connectivity index (χ4v) is 2.91. The number of fused-ring (bicyclic) bond motifs is 1. The van der Waals surface area contributed by atoms with Gasteiger partial charge in [-0.3, -0.25) is 0 Å². The molecular weight excluding hydrogens is 332 g/mol. The van der Waals surface area contributed by atoms with Gasteiger partial charge in [-0.15, -0.1) is 0 Å². The number of sulfone groups is 1. The van der Waals surface area contributed by atoms with Crippen LogP contribution in [0.5, 0.6) is 11.5 Å². The molecule has 0 aliphatic heterocycles. The zero-order valence-electron chi connectivity index (χ0n) is 13.0. The maximum Gasteiger partial charge on any atom is 0.338 e. The van der Waals surface area contributed by atoms with Crippen LogP contribution < -0.4 is 4.74 Å². The fraction of sp³-hybridized carbons (Fsp3) is 0.118. The molecule has 0 bridgehead atoms. The zero-order chi connectivity index (χ0) is 17.3. The highest BCUT2D eigenvalue weighted by molar-refractivity contribution is 7.90. The van der Waals surface area contributed by atoms with E-state index in [4.69, 9.17) is 13.9 Å². The van der Waals surface area contributed by atoms with Crippen LogP contribution in [-0.2, 0) is 14.6 Å². The van der Waals surface area contributed by atoms with Crippen LogP contribution in [0.25, 0.3) is 11.0 Å². The van der Waals surface area contributed by atoms with E-state index < -0.39 is 15.8 Å². The van der Waals surface area contributed by atoms with E-state index in [2.05, 4.69) is 0 Å². The Morgan fingerprint density at radius 2 is 1.75 bits per heavy atom. The molecule has 0 fully saturated rings. The number of hydrogen-bond acceptors (Lipinski definition) is 6. The number of ether oxygens (including phenoxy) is 2. The van der Waals surface area contributed by atoms with Crippen molar-refractivity contribution in [2.45, 2.75) is 4.90 Å². The van der Waals surface area contributed by atoms with Crippen LogP contribution in [-0.4, -0.2) is 27.8 Å². The minimum atomic E-state index is -3.27. The molecule has 0 unspecified atom stereocenters. The van der Waals surface area contributed by atoms with E-state index in [1.165, 1.54) is 25.5 Å². The van der Waals surface area contributed by atoms with Crippen molar-refractivity contribution in [2.24, 2.45) is 0 Å². The topological polar surface area (TPSA) is 82.8 Å². The first-order chi connectivity index (χ1) is 11.4. The molecule has 0 radical (unpaired) electrons. The van der Waals surface area contributed by atoms with Gasteiger partial charge in [0, 0.05) is 17.7 Å². The first-order valence-electron chi connectivity index (χ1n) is 6.96. The first kappa shape index (κ1) is 16.1. The fourth-order valence-electron chi connectivity index (χ4n) is 2.27. The largest absolute Gasteiger partial charge is 0.465 e. The van der Waals surface area contributed by atoms with Gasteiger partial charge in [0.2, 0.25) is 0 Å². The quantitative estimate of drug-likeness (QED) is 0.673. The molecular formula is C17H14O6S. The Morgan fingerprint density at radius 1 is 1.04 bits per heavy atom. The Kier molecular flexibility index (Phi) is 4.02. The summed E-state index contributed by atoms with van der Waals surface area (Å²) < 4.78 is 38.7. The van der Waals surface area contributed by atoms with E-state index in [1.807, 2.05) is 0 Å². The molecule has 6 nitrogen and oxygen atoms in total. The van der Waals surface area contributed by atoms with Gasteiger partial charge in [0.15, 0.2) is 9.84 Å². The minimum absolute atomic E-state index is 0.201. The highest BCUT2D eigenvalue weighted by Crippen LogP contribution is 2.30. The molecule has 7 heteroatoms. The third-order valence-corrected chi connectivity index (χ3v) is 4.57. The van der Waals surface area contributed by atoms with Gasteiger partial charge in [-0.2, -0.15) is 0 Å². The smallest absolute Gasteiger partial charge is 0.338 e. The SMILES string of the molecule is COC(=O)c1cc(Oc2ccc(S(C)(=O)=O)cc2)cc2occc12. The van der Waals surface area contributed by atoms with Gasteiger partial charge >= 0.3 is 5.97 Å². The molecule has 0 saturated heterocycles. The van der Waals surface area contributed by atoms with Crippen molar-refractivity contribution in [3.63, 3.8) is 0 Å². The number of hydrogen-bond donors (Lipinski definition) is 0. The molecule has 0 amide bonds. The summed E-state index contributed by atoms with van der Waals surface area (Å²) in [4.78, 5) is 12.1. The second-order valence-electron chi connectivity index (χ2n) is 5.14. The second-order valence-corrected chi connectivity index (χ2v) is 7.16. The molecule has 3 aromatic rings. The Hall–Kier alpha value is -2.80. The predicted molar refractivity (Wildman–Crippen MR) is 87.2 cm³/mol. The van der Waals surface area contributed by atoms with Gasteiger partial charge in [-0.25, -0.2) is 13.2 Å². The van der Waals surface area contributed by atoms with Crippen molar-refractivity contribution in [3.05, 3.63) is 54.3 Å². The molecule has 0 N–H and O–H groups in total. The molecule has 3 rings (SSSR count). The maximum atomic E-state index is 11.9. The van der Waals surface area contributed by atoms with Gasteiger partial charge in [0.1, 0.15) is 17.1 Å². The summed E-state index contributed by atoms with van der Waals surface area (Å²) in [6.45, 7) is 0. The molecule has 0 saturated carbocycles.